The summed E-state index contributed by atoms with van der Waals surface area (Å²) in [6, 6.07) is 5.37. The van der Waals surface area contributed by atoms with Crippen LogP contribution in [-0.2, 0) is 13.1 Å². The van der Waals surface area contributed by atoms with Gasteiger partial charge in [-0.2, -0.15) is 5.10 Å². The Balaban J connectivity index is 2.10. The van der Waals surface area contributed by atoms with Gasteiger partial charge < -0.3 is 10.2 Å². The molecule has 2 aromatic rings. The van der Waals surface area contributed by atoms with Crippen LogP contribution in [0.2, 0.25) is 5.02 Å². The van der Waals surface area contributed by atoms with Gasteiger partial charge in [0.1, 0.15) is 0 Å². The van der Waals surface area contributed by atoms with Crippen LogP contribution in [0.4, 0.5) is 5.69 Å². The average molecular weight is 307 g/mol. The lowest BCUT2D eigenvalue weighted by molar-refractivity contribution is 0.0828. The molecule has 6 heteroatoms. The first kappa shape index (κ1) is 15.4. The van der Waals surface area contributed by atoms with Crippen LogP contribution in [0.5, 0.6) is 0 Å². The van der Waals surface area contributed by atoms with E-state index >= 15 is 0 Å². The molecule has 0 saturated heterocycles. The smallest absolute Gasteiger partial charge is 0.254 e. The van der Waals surface area contributed by atoms with Crippen molar-refractivity contribution < 1.29 is 4.79 Å². The normalized spacial score (nSPS) is 10.5. The second-order valence-corrected chi connectivity index (χ2v) is 5.36. The topological polar surface area (TPSA) is 50.2 Å². The number of aryl methyl sites for hydroxylation is 1. The van der Waals surface area contributed by atoms with Crippen molar-refractivity contribution in [3.8, 4) is 0 Å². The summed E-state index contributed by atoms with van der Waals surface area (Å²) in [6.45, 7) is 3.54. The zero-order chi connectivity index (χ0) is 15.4. The molecule has 0 radical (unpaired) electrons. The van der Waals surface area contributed by atoms with Crippen LogP contribution >= 0.6 is 11.6 Å². The van der Waals surface area contributed by atoms with Crippen LogP contribution in [0, 0.1) is 0 Å². The standard InChI is InChI=1S/C15H19ClN4O/c1-4-20-10-11(9-18-20)8-17-12-5-6-14(16)13(7-12)15(21)19(2)3/h5-7,9-10,17H,4,8H2,1-3H3. The van der Waals surface area contributed by atoms with E-state index in [4.69, 9.17) is 11.6 Å². The van der Waals surface area contributed by atoms with Gasteiger partial charge in [0.15, 0.2) is 0 Å². The molecule has 1 amide bonds. The number of halogens is 1. The van der Waals surface area contributed by atoms with E-state index in [9.17, 15) is 4.79 Å². The maximum atomic E-state index is 12.0. The molecule has 1 heterocycles. The first-order valence-electron chi connectivity index (χ1n) is 6.77. The molecule has 0 aliphatic rings. The Hall–Kier alpha value is -2.01. The molecule has 0 atom stereocenters. The van der Waals surface area contributed by atoms with Gasteiger partial charge in [0.2, 0.25) is 0 Å². The van der Waals surface area contributed by atoms with Crippen molar-refractivity contribution >= 4 is 23.2 Å². The SMILES string of the molecule is CCn1cc(CNc2ccc(Cl)c(C(=O)N(C)C)c2)cn1. The van der Waals surface area contributed by atoms with Crippen LogP contribution in [0.25, 0.3) is 0 Å². The number of carbonyl (C=O) groups is 1. The van der Waals surface area contributed by atoms with Crippen LogP contribution in [0.1, 0.15) is 22.8 Å². The third-order valence-electron chi connectivity index (χ3n) is 3.11. The van der Waals surface area contributed by atoms with Crippen molar-refractivity contribution in [2.45, 2.75) is 20.0 Å². The van der Waals surface area contributed by atoms with Crippen molar-refractivity contribution in [3.05, 3.63) is 46.7 Å². The van der Waals surface area contributed by atoms with Crippen LogP contribution < -0.4 is 5.32 Å². The number of hydrogen-bond acceptors (Lipinski definition) is 3. The summed E-state index contributed by atoms with van der Waals surface area (Å²) in [4.78, 5) is 13.5. The summed E-state index contributed by atoms with van der Waals surface area (Å²) in [5.74, 6) is -0.109. The summed E-state index contributed by atoms with van der Waals surface area (Å²) in [5, 5.41) is 7.96. The Morgan fingerprint density at radius 1 is 1.43 bits per heavy atom. The van der Waals surface area contributed by atoms with E-state index in [-0.39, 0.29) is 5.91 Å². The maximum Gasteiger partial charge on any atom is 0.254 e. The molecule has 1 aromatic carbocycles. The Morgan fingerprint density at radius 2 is 2.19 bits per heavy atom. The zero-order valence-electron chi connectivity index (χ0n) is 12.4. The first-order chi connectivity index (χ1) is 10.0. The number of benzene rings is 1. The number of amides is 1. The molecule has 112 valence electrons. The van der Waals surface area contributed by atoms with Gasteiger partial charge in [-0.1, -0.05) is 11.6 Å². The predicted octanol–water partition coefficient (Wildman–Crippen LogP) is 2.87. The number of aromatic nitrogens is 2. The fraction of sp³-hybridized carbons (Fsp3) is 0.333. The van der Waals surface area contributed by atoms with E-state index in [2.05, 4.69) is 10.4 Å². The fourth-order valence-electron chi connectivity index (χ4n) is 1.91. The molecule has 0 spiro atoms. The molecule has 0 aliphatic carbocycles. The van der Waals surface area contributed by atoms with Gasteiger partial charge >= 0.3 is 0 Å². The Morgan fingerprint density at radius 3 is 2.81 bits per heavy atom. The van der Waals surface area contributed by atoms with E-state index in [1.807, 2.05) is 30.1 Å². The molecule has 0 bridgehead atoms. The fourth-order valence-corrected chi connectivity index (χ4v) is 2.11. The number of rotatable bonds is 5. The molecular weight excluding hydrogens is 288 g/mol. The number of carbonyl (C=O) groups excluding carboxylic acids is 1. The van der Waals surface area contributed by atoms with Crippen molar-refractivity contribution in [1.82, 2.24) is 14.7 Å². The Kier molecular flexibility index (Phi) is 4.85. The quantitative estimate of drug-likeness (QED) is 0.924. The molecule has 1 N–H and O–H groups in total. The molecule has 0 saturated carbocycles. The molecule has 1 aromatic heterocycles. The van der Waals surface area contributed by atoms with E-state index < -0.39 is 0 Å². The van der Waals surface area contributed by atoms with Gasteiger partial charge in [-0.15, -0.1) is 0 Å². The van der Waals surface area contributed by atoms with Gasteiger partial charge in [-0.25, -0.2) is 0 Å². The lowest BCUT2D eigenvalue weighted by Gasteiger charge is -2.13. The molecule has 0 aliphatic heterocycles. The highest BCUT2D eigenvalue weighted by Crippen LogP contribution is 2.22. The van der Waals surface area contributed by atoms with E-state index in [0.29, 0.717) is 17.1 Å². The maximum absolute atomic E-state index is 12.0. The summed E-state index contributed by atoms with van der Waals surface area (Å²) in [5.41, 5.74) is 2.44. The summed E-state index contributed by atoms with van der Waals surface area (Å²) < 4.78 is 1.87. The monoisotopic (exact) mass is 306 g/mol. The van der Waals surface area contributed by atoms with Gasteiger partial charge in [-0.05, 0) is 25.1 Å². The number of nitrogens with zero attached hydrogens (tertiary/aromatic N) is 3. The minimum atomic E-state index is -0.109. The molecular formula is C15H19ClN4O. The summed E-state index contributed by atoms with van der Waals surface area (Å²) in [7, 11) is 3.41. The summed E-state index contributed by atoms with van der Waals surface area (Å²) >= 11 is 6.09. The Bertz CT molecular complexity index is 636. The molecule has 21 heavy (non-hydrogen) atoms. The third-order valence-corrected chi connectivity index (χ3v) is 3.44. The van der Waals surface area contributed by atoms with E-state index in [1.165, 1.54) is 4.90 Å². The molecule has 2 rings (SSSR count). The minimum Gasteiger partial charge on any atom is -0.381 e. The lowest BCUT2D eigenvalue weighted by Crippen LogP contribution is -2.22. The van der Waals surface area contributed by atoms with Crippen LogP contribution in [0.3, 0.4) is 0 Å². The second kappa shape index (κ2) is 6.63. The van der Waals surface area contributed by atoms with E-state index in [0.717, 1.165) is 17.8 Å². The van der Waals surface area contributed by atoms with Crippen molar-refractivity contribution in [1.29, 1.82) is 0 Å². The van der Waals surface area contributed by atoms with Crippen LogP contribution in [0.15, 0.2) is 30.6 Å². The van der Waals surface area contributed by atoms with Crippen molar-refractivity contribution in [3.63, 3.8) is 0 Å². The summed E-state index contributed by atoms with van der Waals surface area (Å²) in [6.07, 6.45) is 3.83. The number of hydrogen-bond donors (Lipinski definition) is 1. The average Bonchev–Trinajstić information content (AvgIpc) is 2.93. The second-order valence-electron chi connectivity index (χ2n) is 4.95. The highest BCUT2D eigenvalue weighted by atomic mass is 35.5. The van der Waals surface area contributed by atoms with Gasteiger partial charge in [0.05, 0.1) is 16.8 Å². The van der Waals surface area contributed by atoms with E-state index in [1.54, 1.807) is 26.2 Å². The first-order valence-corrected chi connectivity index (χ1v) is 7.15. The molecule has 5 nitrogen and oxygen atoms in total. The third kappa shape index (κ3) is 3.76. The van der Waals surface area contributed by atoms with Crippen LogP contribution in [-0.4, -0.2) is 34.7 Å². The zero-order valence-corrected chi connectivity index (χ0v) is 13.2. The van der Waals surface area contributed by atoms with Gasteiger partial charge in [-0.3, -0.25) is 9.48 Å². The number of anilines is 1. The highest BCUT2D eigenvalue weighted by molar-refractivity contribution is 6.34. The Labute approximate surface area is 129 Å². The van der Waals surface area contributed by atoms with Crippen molar-refractivity contribution in [2.24, 2.45) is 0 Å². The largest absolute Gasteiger partial charge is 0.381 e. The minimum absolute atomic E-state index is 0.109. The van der Waals surface area contributed by atoms with Gasteiger partial charge in [0.25, 0.3) is 5.91 Å². The van der Waals surface area contributed by atoms with Gasteiger partial charge in [0, 0.05) is 44.6 Å². The molecule has 0 fully saturated rings. The lowest BCUT2D eigenvalue weighted by atomic mass is 10.1. The van der Waals surface area contributed by atoms with Crippen molar-refractivity contribution in [2.75, 3.05) is 19.4 Å². The predicted molar refractivity (Wildman–Crippen MR) is 84.7 cm³/mol. The number of nitrogens with one attached hydrogen (secondary N) is 1. The highest BCUT2D eigenvalue weighted by Gasteiger charge is 2.13. The molecule has 0 unspecified atom stereocenters.